The van der Waals surface area contributed by atoms with Crippen LogP contribution in [0.2, 0.25) is 0 Å². The molecule has 0 saturated carbocycles. The lowest BCUT2D eigenvalue weighted by Gasteiger charge is -2.25. The first kappa shape index (κ1) is 11.8. The summed E-state index contributed by atoms with van der Waals surface area (Å²) >= 11 is 1.79. The molecule has 1 aliphatic heterocycles. The number of thiazole rings is 1. The van der Waals surface area contributed by atoms with Crippen LogP contribution < -0.4 is 0 Å². The second kappa shape index (κ2) is 5.61. The van der Waals surface area contributed by atoms with Gasteiger partial charge in [0.25, 0.3) is 0 Å². The third kappa shape index (κ3) is 2.77. The summed E-state index contributed by atoms with van der Waals surface area (Å²) in [5.41, 5.74) is 1.20. The number of benzene rings is 1. The highest BCUT2D eigenvalue weighted by molar-refractivity contribution is 7.15. The zero-order valence-corrected chi connectivity index (χ0v) is 11.0. The minimum absolute atomic E-state index is 0.852. The van der Waals surface area contributed by atoms with Crippen molar-refractivity contribution >= 4 is 11.3 Å². The van der Waals surface area contributed by atoms with Crippen molar-refractivity contribution in [3.63, 3.8) is 0 Å². The van der Waals surface area contributed by atoms with Crippen molar-refractivity contribution in [1.29, 1.82) is 0 Å². The summed E-state index contributed by atoms with van der Waals surface area (Å²) in [7, 11) is 0. The number of hydrogen-bond donors (Lipinski definition) is 0. The topological polar surface area (TPSA) is 25.4 Å². The summed E-state index contributed by atoms with van der Waals surface area (Å²) in [5, 5.41) is 1.11. The van der Waals surface area contributed by atoms with Crippen LogP contribution >= 0.6 is 11.3 Å². The largest absolute Gasteiger partial charge is 0.379 e. The average molecular weight is 260 g/mol. The first-order chi connectivity index (χ1) is 8.92. The molecule has 3 nitrogen and oxygen atoms in total. The second-order valence-corrected chi connectivity index (χ2v) is 5.50. The van der Waals surface area contributed by atoms with Crippen molar-refractivity contribution in [1.82, 2.24) is 9.88 Å². The fraction of sp³-hybridized carbons (Fsp3) is 0.357. The maximum absolute atomic E-state index is 5.36. The molecule has 0 radical (unpaired) electrons. The molecule has 0 spiro atoms. The molecule has 1 aromatic heterocycles. The van der Waals surface area contributed by atoms with Crippen molar-refractivity contribution in [3.8, 4) is 10.6 Å². The van der Waals surface area contributed by atoms with Gasteiger partial charge in [-0.15, -0.1) is 11.3 Å². The van der Waals surface area contributed by atoms with E-state index in [0.29, 0.717) is 0 Å². The highest BCUT2D eigenvalue weighted by atomic mass is 32.1. The quantitative estimate of drug-likeness (QED) is 0.848. The number of rotatable bonds is 3. The van der Waals surface area contributed by atoms with Gasteiger partial charge in [-0.2, -0.15) is 0 Å². The van der Waals surface area contributed by atoms with Crippen LogP contribution in [-0.4, -0.2) is 36.2 Å². The first-order valence-electron chi connectivity index (χ1n) is 6.22. The van der Waals surface area contributed by atoms with E-state index in [1.54, 1.807) is 11.3 Å². The first-order valence-corrected chi connectivity index (χ1v) is 7.04. The Morgan fingerprint density at radius 2 is 1.94 bits per heavy atom. The van der Waals surface area contributed by atoms with E-state index in [4.69, 9.17) is 4.74 Å². The van der Waals surface area contributed by atoms with Gasteiger partial charge >= 0.3 is 0 Å². The van der Waals surface area contributed by atoms with Crippen LogP contribution in [-0.2, 0) is 11.3 Å². The molecule has 1 aliphatic rings. The summed E-state index contributed by atoms with van der Waals surface area (Å²) < 4.78 is 5.36. The normalized spacial score (nSPS) is 16.9. The molecule has 3 rings (SSSR count). The van der Waals surface area contributed by atoms with Crippen LogP contribution in [0.1, 0.15) is 4.88 Å². The van der Waals surface area contributed by atoms with E-state index < -0.39 is 0 Å². The minimum Gasteiger partial charge on any atom is -0.379 e. The highest BCUT2D eigenvalue weighted by Crippen LogP contribution is 2.25. The summed E-state index contributed by atoms with van der Waals surface area (Å²) in [5.74, 6) is 0. The third-order valence-electron chi connectivity index (χ3n) is 3.06. The summed E-state index contributed by atoms with van der Waals surface area (Å²) in [6, 6.07) is 10.4. The van der Waals surface area contributed by atoms with Gasteiger partial charge in [-0.05, 0) is 0 Å². The van der Waals surface area contributed by atoms with Gasteiger partial charge in [-0.1, -0.05) is 30.3 Å². The Morgan fingerprint density at radius 1 is 1.17 bits per heavy atom. The van der Waals surface area contributed by atoms with E-state index in [1.165, 1.54) is 10.4 Å². The summed E-state index contributed by atoms with van der Waals surface area (Å²) in [6.45, 7) is 4.75. The molecular weight excluding hydrogens is 244 g/mol. The van der Waals surface area contributed by atoms with Crippen LogP contribution in [0.4, 0.5) is 0 Å². The van der Waals surface area contributed by atoms with Crippen molar-refractivity contribution in [2.24, 2.45) is 0 Å². The van der Waals surface area contributed by atoms with E-state index >= 15 is 0 Å². The molecule has 4 heteroatoms. The Bertz CT molecular complexity index is 492. The molecule has 0 unspecified atom stereocenters. The van der Waals surface area contributed by atoms with Gasteiger partial charge in [0.1, 0.15) is 5.01 Å². The van der Waals surface area contributed by atoms with Gasteiger partial charge < -0.3 is 4.74 Å². The predicted molar refractivity (Wildman–Crippen MR) is 73.6 cm³/mol. The van der Waals surface area contributed by atoms with E-state index in [-0.39, 0.29) is 0 Å². The molecule has 1 fully saturated rings. The van der Waals surface area contributed by atoms with E-state index in [2.05, 4.69) is 34.1 Å². The van der Waals surface area contributed by atoms with Crippen molar-refractivity contribution in [2.75, 3.05) is 26.3 Å². The lowest BCUT2D eigenvalue weighted by Crippen LogP contribution is -2.35. The van der Waals surface area contributed by atoms with Crippen molar-refractivity contribution in [3.05, 3.63) is 41.4 Å². The number of nitrogens with zero attached hydrogens (tertiary/aromatic N) is 2. The maximum Gasteiger partial charge on any atom is 0.123 e. The standard InChI is InChI=1S/C14H16N2OS/c1-2-4-12(5-3-1)14-15-10-13(18-14)11-16-6-8-17-9-7-16/h1-5,10H,6-9,11H2. The predicted octanol–water partition coefficient (Wildman–Crippen LogP) is 2.64. The molecule has 2 heterocycles. The van der Waals surface area contributed by atoms with Crippen LogP contribution in [0.3, 0.4) is 0 Å². The van der Waals surface area contributed by atoms with E-state index in [0.717, 1.165) is 37.9 Å². The van der Waals surface area contributed by atoms with Crippen LogP contribution in [0.5, 0.6) is 0 Å². The molecule has 2 aromatic rings. The highest BCUT2D eigenvalue weighted by Gasteiger charge is 2.12. The molecule has 18 heavy (non-hydrogen) atoms. The van der Waals surface area contributed by atoms with Gasteiger partial charge in [-0.3, -0.25) is 4.90 Å². The molecule has 0 N–H and O–H groups in total. The van der Waals surface area contributed by atoms with Crippen LogP contribution in [0, 0.1) is 0 Å². The Hall–Kier alpha value is -1.23. The van der Waals surface area contributed by atoms with E-state index in [9.17, 15) is 0 Å². The van der Waals surface area contributed by atoms with E-state index in [1.807, 2.05) is 12.3 Å². The number of hydrogen-bond acceptors (Lipinski definition) is 4. The van der Waals surface area contributed by atoms with Crippen molar-refractivity contribution < 1.29 is 4.74 Å². The number of ether oxygens (including phenoxy) is 1. The fourth-order valence-corrected chi connectivity index (χ4v) is 3.03. The number of morpholine rings is 1. The Balaban J connectivity index is 1.69. The lowest BCUT2D eigenvalue weighted by molar-refractivity contribution is 0.0346. The third-order valence-corrected chi connectivity index (χ3v) is 4.09. The smallest absolute Gasteiger partial charge is 0.123 e. The molecule has 1 saturated heterocycles. The van der Waals surface area contributed by atoms with Gasteiger partial charge in [0.15, 0.2) is 0 Å². The van der Waals surface area contributed by atoms with Gasteiger partial charge in [0.2, 0.25) is 0 Å². The SMILES string of the molecule is c1ccc(-c2ncc(CN3CCOCC3)s2)cc1. The molecule has 0 atom stereocenters. The molecule has 1 aromatic carbocycles. The molecule has 0 amide bonds. The molecule has 0 bridgehead atoms. The zero-order valence-electron chi connectivity index (χ0n) is 10.2. The van der Waals surface area contributed by atoms with Gasteiger partial charge in [0.05, 0.1) is 13.2 Å². The molecule has 0 aliphatic carbocycles. The maximum atomic E-state index is 5.36. The number of aromatic nitrogens is 1. The average Bonchev–Trinajstić information content (AvgIpc) is 2.89. The Labute approximate surface area is 111 Å². The second-order valence-electron chi connectivity index (χ2n) is 4.39. The monoisotopic (exact) mass is 260 g/mol. The Kier molecular flexibility index (Phi) is 3.69. The van der Waals surface area contributed by atoms with Crippen LogP contribution in [0.25, 0.3) is 10.6 Å². The van der Waals surface area contributed by atoms with Crippen LogP contribution in [0.15, 0.2) is 36.5 Å². The molecular formula is C14H16N2OS. The summed E-state index contributed by atoms with van der Waals surface area (Å²) in [6.07, 6.45) is 2.00. The Morgan fingerprint density at radius 3 is 2.72 bits per heavy atom. The van der Waals surface area contributed by atoms with Gasteiger partial charge in [-0.25, -0.2) is 4.98 Å². The van der Waals surface area contributed by atoms with Gasteiger partial charge in [0, 0.05) is 36.3 Å². The summed E-state index contributed by atoms with van der Waals surface area (Å²) in [4.78, 5) is 8.26. The lowest BCUT2D eigenvalue weighted by atomic mass is 10.2. The zero-order chi connectivity index (χ0) is 12.2. The van der Waals surface area contributed by atoms with Crippen molar-refractivity contribution in [2.45, 2.75) is 6.54 Å². The minimum atomic E-state index is 0.852. The fourth-order valence-electron chi connectivity index (χ4n) is 2.07. The molecule has 94 valence electrons.